The minimum Gasteiger partial charge on any atom is -0.263 e. The normalized spacial score (nSPS) is 11.3. The van der Waals surface area contributed by atoms with Gasteiger partial charge < -0.3 is 0 Å². The molecule has 1 N–H and O–H groups in total. The molecule has 0 aliphatic rings. The number of anilines is 1. The van der Waals surface area contributed by atoms with Crippen LogP contribution in [0.25, 0.3) is 0 Å². The van der Waals surface area contributed by atoms with Crippen LogP contribution < -0.4 is 4.72 Å². The van der Waals surface area contributed by atoms with E-state index in [1.165, 1.54) is 12.1 Å². The van der Waals surface area contributed by atoms with Crippen molar-refractivity contribution >= 4 is 47.7 Å². The topological polar surface area (TPSA) is 59.1 Å². The number of rotatable bonds is 3. The number of aromatic nitrogens is 1. The zero-order valence-electron chi connectivity index (χ0n) is 9.89. The maximum Gasteiger partial charge on any atom is 0.263 e. The van der Waals surface area contributed by atoms with E-state index in [-0.39, 0.29) is 4.90 Å². The van der Waals surface area contributed by atoms with Crippen LogP contribution in [-0.2, 0) is 10.0 Å². The molecule has 0 radical (unpaired) electrons. The summed E-state index contributed by atoms with van der Waals surface area (Å²) < 4.78 is 28.4. The van der Waals surface area contributed by atoms with Gasteiger partial charge in [-0.25, -0.2) is 13.4 Å². The molecule has 0 aliphatic heterocycles. The van der Waals surface area contributed by atoms with Crippen LogP contribution >= 0.6 is 31.9 Å². The lowest BCUT2D eigenvalue weighted by atomic mass is 10.4. The van der Waals surface area contributed by atoms with Crippen LogP contribution in [-0.4, -0.2) is 13.4 Å². The molecular formula is C12H10Br2N2O2S. The highest BCUT2D eigenvalue weighted by Gasteiger charge is 2.14. The van der Waals surface area contributed by atoms with E-state index in [9.17, 15) is 8.42 Å². The number of hydrogen-bond acceptors (Lipinski definition) is 3. The number of aryl methyl sites for hydroxylation is 1. The Hall–Kier alpha value is -0.920. The van der Waals surface area contributed by atoms with Crippen LogP contribution in [0, 0.1) is 6.92 Å². The highest BCUT2D eigenvalue weighted by molar-refractivity contribution is 9.10. The molecule has 0 atom stereocenters. The number of nitrogens with zero attached hydrogens (tertiary/aromatic N) is 1. The molecule has 0 unspecified atom stereocenters. The Kier molecular flexibility index (Phi) is 4.27. The average molecular weight is 406 g/mol. The molecule has 0 aliphatic carbocycles. The molecule has 1 aromatic carbocycles. The van der Waals surface area contributed by atoms with Crippen LogP contribution in [0.2, 0.25) is 0 Å². The Balaban J connectivity index is 2.30. The monoisotopic (exact) mass is 404 g/mol. The fourth-order valence-corrected chi connectivity index (χ4v) is 2.90. The fourth-order valence-electron chi connectivity index (χ4n) is 1.41. The van der Waals surface area contributed by atoms with Crippen LogP contribution in [0.4, 0.5) is 5.82 Å². The Labute approximate surface area is 128 Å². The van der Waals surface area contributed by atoms with E-state index in [1.807, 2.05) is 0 Å². The molecule has 0 spiro atoms. The number of nitrogens with one attached hydrogen (secondary N) is 1. The van der Waals surface area contributed by atoms with Gasteiger partial charge in [0, 0.05) is 8.95 Å². The number of benzene rings is 1. The van der Waals surface area contributed by atoms with E-state index in [0.29, 0.717) is 5.82 Å². The largest absolute Gasteiger partial charge is 0.263 e. The smallest absolute Gasteiger partial charge is 0.263 e. The Bertz CT molecular complexity index is 700. The van der Waals surface area contributed by atoms with Crippen LogP contribution in [0.5, 0.6) is 0 Å². The van der Waals surface area contributed by atoms with Gasteiger partial charge in [0.2, 0.25) is 0 Å². The Morgan fingerprint density at radius 2 is 1.68 bits per heavy atom. The van der Waals surface area contributed by atoms with E-state index < -0.39 is 10.0 Å². The van der Waals surface area contributed by atoms with Crippen molar-refractivity contribution in [1.82, 2.24) is 4.98 Å². The van der Waals surface area contributed by atoms with E-state index in [4.69, 9.17) is 0 Å². The van der Waals surface area contributed by atoms with Crippen molar-refractivity contribution in [2.75, 3.05) is 4.72 Å². The first-order valence-electron chi connectivity index (χ1n) is 5.30. The summed E-state index contributed by atoms with van der Waals surface area (Å²) in [6, 6.07) is 9.76. The van der Waals surface area contributed by atoms with Crippen LogP contribution in [0.15, 0.2) is 50.2 Å². The summed E-state index contributed by atoms with van der Waals surface area (Å²) in [6.45, 7) is 1.79. The maximum absolute atomic E-state index is 12.1. The second-order valence-electron chi connectivity index (χ2n) is 3.82. The van der Waals surface area contributed by atoms with Crippen LogP contribution in [0.1, 0.15) is 5.69 Å². The summed E-state index contributed by atoms with van der Waals surface area (Å²) in [7, 11) is -3.61. The van der Waals surface area contributed by atoms with E-state index in [2.05, 4.69) is 41.6 Å². The first-order chi connectivity index (χ1) is 8.88. The highest BCUT2D eigenvalue weighted by atomic mass is 79.9. The van der Waals surface area contributed by atoms with Gasteiger partial charge in [-0.2, -0.15) is 0 Å². The highest BCUT2D eigenvalue weighted by Crippen LogP contribution is 2.20. The van der Waals surface area contributed by atoms with Crippen LogP contribution in [0.3, 0.4) is 0 Å². The van der Waals surface area contributed by atoms with Gasteiger partial charge in [0.15, 0.2) is 0 Å². The molecular weight excluding hydrogens is 396 g/mol. The second-order valence-corrected chi connectivity index (χ2v) is 7.28. The van der Waals surface area contributed by atoms with Crippen molar-refractivity contribution in [3.8, 4) is 0 Å². The zero-order valence-corrected chi connectivity index (χ0v) is 13.9. The van der Waals surface area contributed by atoms with Crippen molar-refractivity contribution in [3.05, 3.63) is 51.0 Å². The van der Waals surface area contributed by atoms with Gasteiger partial charge in [-0.05, 0) is 59.3 Å². The average Bonchev–Trinajstić information content (AvgIpc) is 2.34. The first-order valence-corrected chi connectivity index (χ1v) is 8.37. The van der Waals surface area contributed by atoms with Gasteiger partial charge in [0.05, 0.1) is 10.6 Å². The lowest BCUT2D eigenvalue weighted by Gasteiger charge is -2.08. The Morgan fingerprint density at radius 1 is 1.05 bits per heavy atom. The molecule has 1 aromatic heterocycles. The fraction of sp³-hybridized carbons (Fsp3) is 0.0833. The summed E-state index contributed by atoms with van der Waals surface area (Å²) >= 11 is 6.58. The van der Waals surface area contributed by atoms with Gasteiger partial charge in [-0.1, -0.05) is 15.9 Å². The molecule has 0 fully saturated rings. The van der Waals surface area contributed by atoms with Crippen molar-refractivity contribution in [2.45, 2.75) is 11.8 Å². The lowest BCUT2D eigenvalue weighted by molar-refractivity contribution is 0.601. The minimum absolute atomic E-state index is 0.193. The van der Waals surface area contributed by atoms with E-state index in [1.54, 1.807) is 31.2 Å². The Morgan fingerprint density at radius 3 is 2.26 bits per heavy atom. The quantitative estimate of drug-likeness (QED) is 0.846. The van der Waals surface area contributed by atoms with Gasteiger partial charge >= 0.3 is 0 Å². The molecule has 1 heterocycles. The molecule has 100 valence electrons. The molecule has 7 heteroatoms. The van der Waals surface area contributed by atoms with Gasteiger partial charge in [-0.3, -0.25) is 4.72 Å². The van der Waals surface area contributed by atoms with E-state index in [0.717, 1.165) is 14.6 Å². The predicted octanol–water partition coefficient (Wildman–Crippen LogP) is 3.72. The number of pyridine rings is 1. The summed E-state index contributed by atoms with van der Waals surface area (Å²) in [5.41, 5.74) is 0.719. The van der Waals surface area contributed by atoms with Crippen molar-refractivity contribution in [2.24, 2.45) is 0 Å². The lowest BCUT2D eigenvalue weighted by Crippen LogP contribution is -2.14. The number of hydrogen-bond donors (Lipinski definition) is 1. The third-order valence-corrected chi connectivity index (χ3v) is 5.12. The van der Waals surface area contributed by atoms with Crippen molar-refractivity contribution < 1.29 is 8.42 Å². The van der Waals surface area contributed by atoms with Crippen molar-refractivity contribution in [3.63, 3.8) is 0 Å². The zero-order chi connectivity index (χ0) is 14.0. The third kappa shape index (κ3) is 3.55. The van der Waals surface area contributed by atoms with Crippen molar-refractivity contribution in [1.29, 1.82) is 0 Å². The third-order valence-electron chi connectivity index (χ3n) is 2.38. The maximum atomic E-state index is 12.1. The molecule has 0 saturated heterocycles. The SMILES string of the molecule is Cc1nc(NS(=O)(=O)c2ccc(Br)cc2)ccc1Br. The summed E-state index contributed by atoms with van der Waals surface area (Å²) in [6.07, 6.45) is 0. The molecule has 2 aromatic rings. The molecule has 0 bridgehead atoms. The molecule has 19 heavy (non-hydrogen) atoms. The molecule has 2 rings (SSSR count). The number of halogens is 2. The van der Waals surface area contributed by atoms with Gasteiger partial charge in [0.25, 0.3) is 10.0 Å². The number of sulfonamides is 1. The summed E-state index contributed by atoms with van der Waals surface area (Å²) in [5, 5.41) is 0. The summed E-state index contributed by atoms with van der Waals surface area (Å²) in [5.74, 6) is 0.295. The molecule has 0 amide bonds. The van der Waals surface area contributed by atoms with Gasteiger partial charge in [-0.15, -0.1) is 0 Å². The standard InChI is InChI=1S/C12H10Br2N2O2S/c1-8-11(14)6-7-12(15-8)16-19(17,18)10-4-2-9(13)3-5-10/h2-7H,1H3,(H,15,16). The molecule has 0 saturated carbocycles. The first kappa shape index (κ1) is 14.5. The predicted molar refractivity (Wildman–Crippen MR) is 81.6 cm³/mol. The molecule has 4 nitrogen and oxygen atoms in total. The van der Waals surface area contributed by atoms with E-state index >= 15 is 0 Å². The minimum atomic E-state index is -3.61. The van der Waals surface area contributed by atoms with Gasteiger partial charge in [0.1, 0.15) is 5.82 Å². The second kappa shape index (κ2) is 5.60. The summed E-state index contributed by atoms with van der Waals surface area (Å²) in [4.78, 5) is 4.35.